The topological polar surface area (TPSA) is 70.2 Å². The van der Waals surface area contributed by atoms with Crippen LogP contribution >= 0.6 is 15.9 Å². The first kappa shape index (κ1) is 15.5. The number of rotatable bonds is 4. The maximum Gasteiger partial charge on any atom is 0.354 e. The highest BCUT2D eigenvalue weighted by Gasteiger charge is 2.30. The second-order valence-electron chi connectivity index (χ2n) is 5.09. The van der Waals surface area contributed by atoms with Crippen LogP contribution in [0.3, 0.4) is 0 Å². The number of halogens is 1. The maximum absolute atomic E-state index is 11.4. The molecule has 0 aliphatic heterocycles. The standard InChI is InChI=1S/C14H16BrN3O3/c1-8(2)12-13(18(19)20)14(17(4)16-12)21-11-6-5-10(15)7-9(11)3/h5-8H,1-4H3. The quantitative estimate of drug-likeness (QED) is 0.606. The van der Waals surface area contributed by atoms with E-state index in [-0.39, 0.29) is 17.5 Å². The molecule has 0 amide bonds. The minimum Gasteiger partial charge on any atom is -0.434 e. The fraction of sp³-hybridized carbons (Fsp3) is 0.357. The number of benzene rings is 1. The Morgan fingerprint density at radius 2 is 2.10 bits per heavy atom. The molecule has 0 saturated heterocycles. The van der Waals surface area contributed by atoms with E-state index in [1.54, 1.807) is 13.1 Å². The van der Waals surface area contributed by atoms with E-state index < -0.39 is 4.92 Å². The zero-order valence-electron chi connectivity index (χ0n) is 12.3. The Kier molecular flexibility index (Phi) is 4.32. The van der Waals surface area contributed by atoms with Crippen molar-refractivity contribution in [3.63, 3.8) is 0 Å². The van der Waals surface area contributed by atoms with Crippen molar-refractivity contribution < 1.29 is 9.66 Å². The van der Waals surface area contributed by atoms with Gasteiger partial charge in [-0.1, -0.05) is 29.8 Å². The number of ether oxygens (including phenoxy) is 1. The summed E-state index contributed by atoms with van der Waals surface area (Å²) in [6.07, 6.45) is 0. The van der Waals surface area contributed by atoms with Crippen LogP contribution in [0.2, 0.25) is 0 Å². The molecule has 7 heteroatoms. The van der Waals surface area contributed by atoms with E-state index in [1.165, 1.54) is 4.68 Å². The fourth-order valence-electron chi connectivity index (χ4n) is 2.02. The van der Waals surface area contributed by atoms with Crippen LogP contribution in [0.4, 0.5) is 5.69 Å². The van der Waals surface area contributed by atoms with Gasteiger partial charge in [0, 0.05) is 17.4 Å². The Bertz CT molecular complexity index is 695. The molecule has 0 atom stereocenters. The second kappa shape index (κ2) is 5.85. The smallest absolute Gasteiger partial charge is 0.354 e. The number of hydrogen-bond donors (Lipinski definition) is 0. The van der Waals surface area contributed by atoms with Crippen molar-refractivity contribution >= 4 is 21.6 Å². The third-order valence-electron chi connectivity index (χ3n) is 3.07. The number of aromatic nitrogens is 2. The zero-order chi connectivity index (χ0) is 15.7. The van der Waals surface area contributed by atoms with Crippen molar-refractivity contribution in [3.8, 4) is 11.6 Å². The summed E-state index contributed by atoms with van der Waals surface area (Å²) in [6, 6.07) is 5.49. The molecule has 0 bridgehead atoms. The Hall–Kier alpha value is -1.89. The average Bonchev–Trinajstić information content (AvgIpc) is 2.70. The van der Waals surface area contributed by atoms with Crippen molar-refractivity contribution in [1.29, 1.82) is 0 Å². The van der Waals surface area contributed by atoms with Crippen LogP contribution in [-0.4, -0.2) is 14.7 Å². The highest BCUT2D eigenvalue weighted by atomic mass is 79.9. The molecular formula is C14H16BrN3O3. The van der Waals surface area contributed by atoms with Crippen LogP contribution in [0.25, 0.3) is 0 Å². The maximum atomic E-state index is 11.4. The van der Waals surface area contributed by atoms with Crippen LogP contribution in [-0.2, 0) is 7.05 Å². The minimum absolute atomic E-state index is 0.0556. The molecule has 112 valence electrons. The van der Waals surface area contributed by atoms with Crippen LogP contribution in [0.15, 0.2) is 22.7 Å². The van der Waals surface area contributed by atoms with E-state index >= 15 is 0 Å². The molecule has 1 aromatic carbocycles. The van der Waals surface area contributed by atoms with Crippen LogP contribution in [0, 0.1) is 17.0 Å². The lowest BCUT2D eigenvalue weighted by molar-refractivity contribution is -0.386. The summed E-state index contributed by atoms with van der Waals surface area (Å²) in [4.78, 5) is 10.9. The Morgan fingerprint density at radius 1 is 1.43 bits per heavy atom. The first-order valence-electron chi connectivity index (χ1n) is 6.46. The molecule has 1 aromatic heterocycles. The van der Waals surface area contributed by atoms with E-state index in [1.807, 2.05) is 32.9 Å². The Labute approximate surface area is 131 Å². The number of aryl methyl sites for hydroxylation is 2. The summed E-state index contributed by atoms with van der Waals surface area (Å²) >= 11 is 3.38. The largest absolute Gasteiger partial charge is 0.434 e. The summed E-state index contributed by atoms with van der Waals surface area (Å²) in [7, 11) is 1.64. The van der Waals surface area contributed by atoms with Crippen molar-refractivity contribution in [1.82, 2.24) is 9.78 Å². The van der Waals surface area contributed by atoms with E-state index in [0.29, 0.717) is 11.4 Å². The van der Waals surface area contributed by atoms with Gasteiger partial charge in [-0.05, 0) is 30.7 Å². The SMILES string of the molecule is Cc1cc(Br)ccc1Oc1c([N+](=O)[O-])c(C(C)C)nn1C. The second-order valence-corrected chi connectivity index (χ2v) is 6.00. The summed E-state index contributed by atoms with van der Waals surface area (Å²) in [6.45, 7) is 5.61. The van der Waals surface area contributed by atoms with Gasteiger partial charge >= 0.3 is 5.69 Å². The van der Waals surface area contributed by atoms with Gasteiger partial charge in [0.05, 0.1) is 4.92 Å². The molecule has 0 unspecified atom stereocenters. The van der Waals surface area contributed by atoms with Gasteiger partial charge in [-0.15, -0.1) is 0 Å². The number of hydrogen-bond acceptors (Lipinski definition) is 4. The van der Waals surface area contributed by atoms with Gasteiger partial charge in [-0.3, -0.25) is 10.1 Å². The summed E-state index contributed by atoms with van der Waals surface area (Å²) in [5, 5.41) is 15.6. The lowest BCUT2D eigenvalue weighted by Crippen LogP contribution is -1.98. The molecule has 6 nitrogen and oxygen atoms in total. The van der Waals surface area contributed by atoms with Crippen molar-refractivity contribution in [2.45, 2.75) is 26.7 Å². The number of nitrogens with zero attached hydrogens (tertiary/aromatic N) is 3. The highest BCUT2D eigenvalue weighted by molar-refractivity contribution is 9.10. The van der Waals surface area contributed by atoms with Crippen molar-refractivity contribution in [3.05, 3.63) is 44.0 Å². The third-order valence-corrected chi connectivity index (χ3v) is 3.56. The van der Waals surface area contributed by atoms with Gasteiger partial charge in [0.25, 0.3) is 5.88 Å². The molecular weight excluding hydrogens is 338 g/mol. The molecule has 21 heavy (non-hydrogen) atoms. The number of nitro groups is 1. The zero-order valence-corrected chi connectivity index (χ0v) is 13.8. The van der Waals surface area contributed by atoms with Crippen LogP contribution in [0.1, 0.15) is 31.0 Å². The van der Waals surface area contributed by atoms with Gasteiger partial charge < -0.3 is 4.74 Å². The summed E-state index contributed by atoms with van der Waals surface area (Å²) in [5.41, 5.74) is 1.23. The van der Waals surface area contributed by atoms with Gasteiger partial charge in [-0.2, -0.15) is 5.10 Å². The third kappa shape index (κ3) is 3.07. The molecule has 2 rings (SSSR count). The van der Waals surface area contributed by atoms with E-state index in [9.17, 15) is 10.1 Å². The van der Waals surface area contributed by atoms with Crippen molar-refractivity contribution in [2.75, 3.05) is 0 Å². The molecule has 0 saturated carbocycles. The molecule has 0 radical (unpaired) electrons. The van der Waals surface area contributed by atoms with E-state index in [4.69, 9.17) is 4.74 Å². The van der Waals surface area contributed by atoms with Gasteiger partial charge in [-0.25, -0.2) is 4.68 Å². The predicted octanol–water partition coefficient (Wildman–Crippen LogP) is 4.31. The lowest BCUT2D eigenvalue weighted by Gasteiger charge is -2.08. The first-order valence-corrected chi connectivity index (χ1v) is 7.25. The Balaban J connectivity index is 2.51. The monoisotopic (exact) mass is 353 g/mol. The Morgan fingerprint density at radius 3 is 2.62 bits per heavy atom. The fourth-order valence-corrected chi connectivity index (χ4v) is 2.50. The van der Waals surface area contributed by atoms with Gasteiger partial charge in [0.1, 0.15) is 11.4 Å². The highest BCUT2D eigenvalue weighted by Crippen LogP contribution is 2.38. The van der Waals surface area contributed by atoms with E-state index in [2.05, 4.69) is 21.0 Å². The van der Waals surface area contributed by atoms with Crippen LogP contribution < -0.4 is 4.74 Å². The predicted molar refractivity (Wildman–Crippen MR) is 82.9 cm³/mol. The normalized spacial score (nSPS) is 11.0. The molecule has 0 N–H and O–H groups in total. The molecule has 2 aromatic rings. The molecule has 1 heterocycles. The summed E-state index contributed by atoms with van der Waals surface area (Å²) < 4.78 is 8.09. The minimum atomic E-state index is -0.439. The van der Waals surface area contributed by atoms with Crippen LogP contribution in [0.5, 0.6) is 11.6 Å². The lowest BCUT2D eigenvalue weighted by atomic mass is 10.1. The first-order chi connectivity index (χ1) is 9.81. The summed E-state index contributed by atoms with van der Waals surface area (Å²) in [5.74, 6) is 0.661. The van der Waals surface area contributed by atoms with Crippen molar-refractivity contribution in [2.24, 2.45) is 7.05 Å². The molecule has 0 aliphatic carbocycles. The molecule has 0 spiro atoms. The van der Waals surface area contributed by atoms with Gasteiger partial charge in [0.2, 0.25) is 0 Å². The molecule has 0 aliphatic rings. The average molecular weight is 354 g/mol. The molecule has 0 fully saturated rings. The van der Waals surface area contributed by atoms with Gasteiger partial charge in [0.15, 0.2) is 0 Å². The van der Waals surface area contributed by atoms with E-state index in [0.717, 1.165) is 10.0 Å².